The fraction of sp³-hybridized carbons (Fsp3) is 0.333. The van der Waals surface area contributed by atoms with Gasteiger partial charge in [-0.05, 0) is 12.2 Å². The third-order valence-electron chi connectivity index (χ3n) is 1.87. The van der Waals surface area contributed by atoms with E-state index in [2.05, 4.69) is 9.47 Å². The minimum absolute atomic E-state index is 0.708. The molecule has 0 spiro atoms. The van der Waals surface area contributed by atoms with Crippen LogP contribution in [-0.4, -0.2) is 26.2 Å². The van der Waals surface area contributed by atoms with Crippen molar-refractivity contribution in [3.8, 4) is 0 Å². The number of esters is 2. The topological polar surface area (TPSA) is 61.8 Å². The average molecular weight is 198 g/mol. The molecule has 0 atom stereocenters. The quantitative estimate of drug-likeness (QED) is 0.474. The zero-order valence-corrected chi connectivity index (χ0v) is 7.85. The van der Waals surface area contributed by atoms with Gasteiger partial charge in [-0.25, -0.2) is 0 Å². The van der Waals surface area contributed by atoms with Crippen LogP contribution in [0.1, 0.15) is 0 Å². The second kappa shape index (κ2) is 3.95. The number of carbonyl (C=O) groups is 2. The normalized spacial score (nSPS) is 17.0. The molecule has 0 N–H and O–H groups in total. The number of methoxy groups -OCH3 is 2. The van der Waals surface area contributed by atoms with Crippen LogP contribution in [0.3, 0.4) is 0 Å². The van der Waals surface area contributed by atoms with E-state index >= 15 is 0 Å². The Labute approximate surface area is 80.9 Å². The molecule has 0 aromatic rings. The average Bonchev–Trinajstić information content (AvgIpc) is 2.27. The molecule has 0 saturated heterocycles. The molecule has 0 aliphatic carbocycles. The van der Waals surface area contributed by atoms with Crippen molar-refractivity contribution in [3.05, 3.63) is 24.7 Å². The molecule has 14 heavy (non-hydrogen) atoms. The molecule has 1 aliphatic heterocycles. The lowest BCUT2D eigenvalue weighted by Crippen LogP contribution is -2.38. The molecule has 0 aromatic carbocycles. The Hall–Kier alpha value is -1.78. The van der Waals surface area contributed by atoms with Gasteiger partial charge in [-0.15, -0.1) is 0 Å². The standard InChI is InChI=1S/C9H10O5/c1-12-7(10)9(8(11)13-2)3-5-14-6-4-9/h3-6H,1-2H3. The van der Waals surface area contributed by atoms with Gasteiger partial charge < -0.3 is 14.2 Å². The monoisotopic (exact) mass is 198 g/mol. The summed E-state index contributed by atoms with van der Waals surface area (Å²) < 4.78 is 13.8. The Balaban J connectivity index is 3.07. The van der Waals surface area contributed by atoms with Crippen LogP contribution in [0.4, 0.5) is 0 Å². The lowest BCUT2D eigenvalue weighted by Gasteiger charge is -2.22. The number of hydrogen-bond acceptors (Lipinski definition) is 5. The van der Waals surface area contributed by atoms with Crippen molar-refractivity contribution in [2.24, 2.45) is 5.41 Å². The first kappa shape index (κ1) is 10.3. The molecule has 5 nitrogen and oxygen atoms in total. The number of hydrogen-bond donors (Lipinski definition) is 0. The molecule has 0 bridgehead atoms. The summed E-state index contributed by atoms with van der Waals surface area (Å²) in [5, 5.41) is 0. The first-order valence-corrected chi connectivity index (χ1v) is 3.85. The first-order chi connectivity index (χ1) is 6.67. The van der Waals surface area contributed by atoms with E-state index < -0.39 is 17.4 Å². The Morgan fingerprint density at radius 2 is 1.50 bits per heavy atom. The number of ether oxygens (including phenoxy) is 3. The number of rotatable bonds is 2. The molecule has 5 heteroatoms. The van der Waals surface area contributed by atoms with Gasteiger partial charge in [-0.2, -0.15) is 0 Å². The molecule has 0 unspecified atom stereocenters. The summed E-state index contributed by atoms with van der Waals surface area (Å²) in [6.45, 7) is 0. The fourth-order valence-corrected chi connectivity index (χ4v) is 1.09. The van der Waals surface area contributed by atoms with Crippen molar-refractivity contribution in [1.29, 1.82) is 0 Å². The molecule has 0 fully saturated rings. The summed E-state index contributed by atoms with van der Waals surface area (Å²) in [5.74, 6) is -1.42. The molecular weight excluding hydrogens is 188 g/mol. The third-order valence-corrected chi connectivity index (χ3v) is 1.87. The van der Waals surface area contributed by atoms with E-state index in [4.69, 9.17) is 4.74 Å². The molecule has 0 saturated carbocycles. The number of carbonyl (C=O) groups excluding carboxylic acids is 2. The lowest BCUT2D eigenvalue weighted by atomic mass is 9.87. The fourth-order valence-electron chi connectivity index (χ4n) is 1.09. The highest BCUT2D eigenvalue weighted by Crippen LogP contribution is 2.27. The lowest BCUT2D eigenvalue weighted by molar-refractivity contribution is -0.161. The highest BCUT2D eigenvalue weighted by Gasteiger charge is 2.45. The van der Waals surface area contributed by atoms with E-state index in [1.54, 1.807) is 0 Å². The van der Waals surface area contributed by atoms with E-state index in [1.165, 1.54) is 38.9 Å². The van der Waals surface area contributed by atoms with E-state index in [1.807, 2.05) is 0 Å². The van der Waals surface area contributed by atoms with Crippen molar-refractivity contribution in [2.75, 3.05) is 14.2 Å². The van der Waals surface area contributed by atoms with Gasteiger partial charge in [0.25, 0.3) is 0 Å². The van der Waals surface area contributed by atoms with Crippen LogP contribution in [-0.2, 0) is 23.8 Å². The molecule has 76 valence electrons. The highest BCUT2D eigenvalue weighted by molar-refractivity contribution is 6.04. The SMILES string of the molecule is COC(=O)C1(C(=O)OC)C=COC=C1. The van der Waals surface area contributed by atoms with Crippen molar-refractivity contribution in [2.45, 2.75) is 0 Å². The maximum atomic E-state index is 11.4. The Morgan fingerprint density at radius 3 is 1.86 bits per heavy atom. The summed E-state index contributed by atoms with van der Waals surface area (Å²) in [7, 11) is 2.40. The Kier molecular flexibility index (Phi) is 2.91. The summed E-state index contributed by atoms with van der Waals surface area (Å²) in [6.07, 6.45) is 5.02. The van der Waals surface area contributed by atoms with Gasteiger partial charge in [0.15, 0.2) is 0 Å². The van der Waals surface area contributed by atoms with Gasteiger partial charge in [0.05, 0.1) is 26.7 Å². The van der Waals surface area contributed by atoms with E-state index in [9.17, 15) is 9.59 Å². The molecular formula is C9H10O5. The van der Waals surface area contributed by atoms with Crippen molar-refractivity contribution < 1.29 is 23.8 Å². The van der Waals surface area contributed by atoms with Crippen LogP contribution in [0.2, 0.25) is 0 Å². The first-order valence-electron chi connectivity index (χ1n) is 3.85. The Morgan fingerprint density at radius 1 is 1.07 bits per heavy atom. The van der Waals surface area contributed by atoms with Crippen molar-refractivity contribution in [3.63, 3.8) is 0 Å². The summed E-state index contributed by atoms with van der Waals surface area (Å²) in [5.41, 5.74) is -1.51. The summed E-state index contributed by atoms with van der Waals surface area (Å²) in [6, 6.07) is 0. The van der Waals surface area contributed by atoms with Gasteiger partial charge in [-0.1, -0.05) is 0 Å². The van der Waals surface area contributed by atoms with E-state index in [0.717, 1.165) is 0 Å². The van der Waals surface area contributed by atoms with Crippen molar-refractivity contribution in [1.82, 2.24) is 0 Å². The maximum absolute atomic E-state index is 11.4. The van der Waals surface area contributed by atoms with Gasteiger partial charge in [0.2, 0.25) is 5.41 Å². The largest absolute Gasteiger partial charge is 0.473 e. The van der Waals surface area contributed by atoms with Crippen LogP contribution in [0.5, 0.6) is 0 Å². The second-order valence-corrected chi connectivity index (χ2v) is 2.59. The smallest absolute Gasteiger partial charge is 0.331 e. The summed E-state index contributed by atoms with van der Waals surface area (Å²) in [4.78, 5) is 22.8. The third kappa shape index (κ3) is 1.48. The van der Waals surface area contributed by atoms with Gasteiger partial charge in [-0.3, -0.25) is 9.59 Å². The Bertz CT molecular complexity index is 272. The minimum Gasteiger partial charge on any atom is -0.473 e. The van der Waals surface area contributed by atoms with Gasteiger partial charge in [0.1, 0.15) is 0 Å². The molecule has 1 heterocycles. The van der Waals surface area contributed by atoms with Crippen LogP contribution < -0.4 is 0 Å². The zero-order valence-electron chi connectivity index (χ0n) is 7.85. The van der Waals surface area contributed by atoms with Gasteiger partial charge in [0, 0.05) is 0 Å². The molecule has 0 aromatic heterocycles. The minimum atomic E-state index is -1.51. The molecule has 0 amide bonds. The maximum Gasteiger partial charge on any atom is 0.331 e. The highest BCUT2D eigenvalue weighted by atomic mass is 16.5. The van der Waals surface area contributed by atoms with Crippen LogP contribution >= 0.6 is 0 Å². The predicted molar refractivity (Wildman–Crippen MR) is 45.8 cm³/mol. The van der Waals surface area contributed by atoms with Gasteiger partial charge >= 0.3 is 11.9 Å². The van der Waals surface area contributed by atoms with Crippen LogP contribution in [0, 0.1) is 5.41 Å². The zero-order chi connectivity index (χ0) is 10.6. The summed E-state index contributed by atoms with van der Waals surface area (Å²) >= 11 is 0. The van der Waals surface area contributed by atoms with Crippen molar-refractivity contribution >= 4 is 11.9 Å². The second-order valence-electron chi connectivity index (χ2n) is 2.59. The molecule has 0 radical (unpaired) electrons. The van der Waals surface area contributed by atoms with E-state index in [0.29, 0.717) is 0 Å². The molecule has 1 aliphatic rings. The van der Waals surface area contributed by atoms with Crippen LogP contribution in [0.15, 0.2) is 24.7 Å². The van der Waals surface area contributed by atoms with Crippen LogP contribution in [0.25, 0.3) is 0 Å². The predicted octanol–water partition coefficient (Wildman–Crippen LogP) is 0.376. The van der Waals surface area contributed by atoms with E-state index in [-0.39, 0.29) is 0 Å². The molecule has 1 rings (SSSR count).